The molecule has 0 saturated carbocycles. The van der Waals surface area contributed by atoms with E-state index in [-0.39, 0.29) is 0 Å². The number of aryl methyl sites for hydroxylation is 1. The summed E-state index contributed by atoms with van der Waals surface area (Å²) in [6.45, 7) is 1.98. The third-order valence-electron chi connectivity index (χ3n) is 1.63. The molecule has 0 saturated heterocycles. The minimum absolute atomic E-state index is 0.481. The molecule has 4 nitrogen and oxygen atoms in total. The topological polar surface area (TPSA) is 49.3 Å². The van der Waals surface area contributed by atoms with Gasteiger partial charge in [-0.05, 0) is 30.8 Å². The Morgan fingerprint density at radius 1 is 1.64 bits per heavy atom. The van der Waals surface area contributed by atoms with Crippen LogP contribution in [0.1, 0.15) is 11.3 Å². The van der Waals surface area contributed by atoms with Crippen LogP contribution in [0.4, 0.5) is 0 Å². The van der Waals surface area contributed by atoms with Gasteiger partial charge in [0.2, 0.25) is 0 Å². The van der Waals surface area contributed by atoms with Crippen LogP contribution in [0.5, 0.6) is 0 Å². The third kappa shape index (κ3) is 3.10. The number of thiocarbonyl (C=S) groups is 1. The molecular formula is C9H12N4S. The van der Waals surface area contributed by atoms with Gasteiger partial charge in [-0.15, -0.1) is 0 Å². The molecule has 2 N–H and O–H groups in total. The number of pyridine rings is 1. The van der Waals surface area contributed by atoms with Crippen LogP contribution in [-0.4, -0.2) is 23.4 Å². The van der Waals surface area contributed by atoms with E-state index in [2.05, 4.69) is 20.8 Å². The Labute approximate surface area is 88.4 Å². The molecule has 0 amide bonds. The maximum Gasteiger partial charge on any atom is 0.186 e. The van der Waals surface area contributed by atoms with Crippen LogP contribution in [0.2, 0.25) is 0 Å². The van der Waals surface area contributed by atoms with E-state index in [0.29, 0.717) is 5.11 Å². The van der Waals surface area contributed by atoms with E-state index >= 15 is 0 Å². The highest BCUT2D eigenvalue weighted by Gasteiger charge is 1.93. The van der Waals surface area contributed by atoms with Crippen molar-refractivity contribution < 1.29 is 0 Å². The first-order valence-electron chi connectivity index (χ1n) is 4.16. The lowest BCUT2D eigenvalue weighted by molar-refractivity contribution is 0.979. The highest BCUT2D eigenvalue weighted by Crippen LogP contribution is 1.98. The number of rotatable bonds is 2. The molecule has 0 aliphatic heterocycles. The van der Waals surface area contributed by atoms with Crippen molar-refractivity contribution in [3.63, 3.8) is 0 Å². The average molecular weight is 208 g/mol. The predicted molar refractivity (Wildman–Crippen MR) is 61.4 cm³/mol. The van der Waals surface area contributed by atoms with Crippen LogP contribution in [0.3, 0.4) is 0 Å². The first kappa shape index (κ1) is 10.6. The smallest absolute Gasteiger partial charge is 0.186 e. The SMILES string of the molecule is CNC(=S)N/N=C/c1ncccc1C. The second kappa shape index (κ2) is 5.29. The lowest BCUT2D eigenvalue weighted by Crippen LogP contribution is -2.28. The summed E-state index contributed by atoms with van der Waals surface area (Å²) in [5, 5.41) is 7.17. The van der Waals surface area contributed by atoms with Crippen molar-refractivity contribution in [1.82, 2.24) is 15.7 Å². The lowest BCUT2D eigenvalue weighted by Gasteiger charge is -2.00. The number of hydrogen-bond acceptors (Lipinski definition) is 3. The fourth-order valence-corrected chi connectivity index (χ4v) is 0.894. The van der Waals surface area contributed by atoms with Gasteiger partial charge in [0, 0.05) is 13.2 Å². The standard InChI is InChI=1S/C9H12N4S/c1-7-4-3-5-11-8(7)6-12-13-9(14)10-2/h3-6H,1-2H3,(H2,10,13,14)/b12-6+. The summed E-state index contributed by atoms with van der Waals surface area (Å²) in [6, 6.07) is 3.86. The Hall–Kier alpha value is -1.49. The van der Waals surface area contributed by atoms with Gasteiger partial charge in [-0.1, -0.05) is 6.07 Å². The van der Waals surface area contributed by atoms with E-state index in [0.717, 1.165) is 11.3 Å². The Morgan fingerprint density at radius 2 is 2.43 bits per heavy atom. The predicted octanol–water partition coefficient (Wildman–Crippen LogP) is 0.818. The number of nitrogens with zero attached hydrogens (tertiary/aromatic N) is 2. The van der Waals surface area contributed by atoms with Gasteiger partial charge in [-0.25, -0.2) is 0 Å². The molecule has 1 aromatic rings. The first-order valence-corrected chi connectivity index (χ1v) is 4.57. The van der Waals surface area contributed by atoms with E-state index in [1.807, 2.05) is 19.1 Å². The number of nitrogens with one attached hydrogen (secondary N) is 2. The summed E-state index contributed by atoms with van der Waals surface area (Å²) in [7, 11) is 1.73. The van der Waals surface area contributed by atoms with E-state index in [4.69, 9.17) is 12.2 Å². The molecule has 0 atom stereocenters. The fourth-order valence-electron chi connectivity index (χ4n) is 0.841. The molecule has 0 radical (unpaired) electrons. The molecule has 0 aromatic carbocycles. The van der Waals surface area contributed by atoms with Crippen LogP contribution < -0.4 is 10.7 Å². The highest BCUT2D eigenvalue weighted by atomic mass is 32.1. The van der Waals surface area contributed by atoms with Gasteiger partial charge in [0.15, 0.2) is 5.11 Å². The fraction of sp³-hybridized carbons (Fsp3) is 0.222. The first-order chi connectivity index (χ1) is 6.74. The largest absolute Gasteiger partial charge is 0.364 e. The average Bonchev–Trinajstić information content (AvgIpc) is 2.20. The minimum atomic E-state index is 0.481. The third-order valence-corrected chi connectivity index (χ3v) is 1.93. The van der Waals surface area contributed by atoms with Gasteiger partial charge < -0.3 is 5.32 Å². The quantitative estimate of drug-likeness (QED) is 0.429. The Bertz CT molecular complexity index is 348. The van der Waals surface area contributed by atoms with Crippen molar-refractivity contribution in [3.8, 4) is 0 Å². The summed E-state index contributed by atoms with van der Waals surface area (Å²) in [4.78, 5) is 4.15. The Morgan fingerprint density at radius 3 is 3.07 bits per heavy atom. The number of hydrogen-bond donors (Lipinski definition) is 2. The van der Waals surface area contributed by atoms with Crippen LogP contribution in [0.15, 0.2) is 23.4 Å². The molecule has 0 bridgehead atoms. The van der Waals surface area contributed by atoms with Gasteiger partial charge in [0.1, 0.15) is 0 Å². The molecule has 0 unspecified atom stereocenters. The normalized spacial score (nSPS) is 10.1. The summed E-state index contributed by atoms with van der Waals surface area (Å²) in [5.74, 6) is 0. The summed E-state index contributed by atoms with van der Waals surface area (Å²) < 4.78 is 0. The van der Waals surface area contributed by atoms with Crippen LogP contribution >= 0.6 is 12.2 Å². The molecule has 0 aliphatic rings. The number of hydrazone groups is 1. The molecule has 1 rings (SSSR count). The van der Waals surface area contributed by atoms with Crippen molar-refractivity contribution in [2.45, 2.75) is 6.92 Å². The zero-order valence-electron chi connectivity index (χ0n) is 8.11. The van der Waals surface area contributed by atoms with Gasteiger partial charge in [0.25, 0.3) is 0 Å². The van der Waals surface area contributed by atoms with Gasteiger partial charge >= 0.3 is 0 Å². The molecule has 1 aromatic heterocycles. The summed E-state index contributed by atoms with van der Waals surface area (Å²) >= 11 is 4.85. The second-order valence-corrected chi connectivity index (χ2v) is 3.06. The second-order valence-electron chi connectivity index (χ2n) is 2.65. The van der Waals surface area contributed by atoms with Crippen molar-refractivity contribution in [3.05, 3.63) is 29.6 Å². The highest BCUT2D eigenvalue weighted by molar-refractivity contribution is 7.80. The van der Waals surface area contributed by atoms with E-state index in [1.165, 1.54) is 0 Å². The molecule has 0 spiro atoms. The van der Waals surface area contributed by atoms with Gasteiger partial charge in [-0.3, -0.25) is 10.4 Å². The van der Waals surface area contributed by atoms with E-state index in [1.54, 1.807) is 19.5 Å². The molecule has 0 aliphatic carbocycles. The monoisotopic (exact) mass is 208 g/mol. The molecule has 74 valence electrons. The minimum Gasteiger partial charge on any atom is -0.364 e. The van der Waals surface area contributed by atoms with Crippen LogP contribution in [0, 0.1) is 6.92 Å². The van der Waals surface area contributed by atoms with Gasteiger partial charge in [-0.2, -0.15) is 5.10 Å². The zero-order chi connectivity index (χ0) is 10.4. The van der Waals surface area contributed by atoms with E-state index in [9.17, 15) is 0 Å². The molecular weight excluding hydrogens is 196 g/mol. The molecule has 0 fully saturated rings. The molecule has 1 heterocycles. The van der Waals surface area contributed by atoms with Crippen molar-refractivity contribution in [2.24, 2.45) is 5.10 Å². The Kier molecular flexibility index (Phi) is 4.00. The van der Waals surface area contributed by atoms with Gasteiger partial charge in [0.05, 0.1) is 11.9 Å². The summed E-state index contributed by atoms with van der Waals surface area (Å²) in [5.41, 5.74) is 4.57. The van der Waals surface area contributed by atoms with Crippen molar-refractivity contribution >= 4 is 23.5 Å². The molecule has 14 heavy (non-hydrogen) atoms. The van der Waals surface area contributed by atoms with Crippen LogP contribution in [-0.2, 0) is 0 Å². The number of aromatic nitrogens is 1. The molecule has 5 heteroatoms. The lowest BCUT2D eigenvalue weighted by atomic mass is 10.2. The van der Waals surface area contributed by atoms with Crippen LogP contribution in [0.25, 0.3) is 0 Å². The van der Waals surface area contributed by atoms with Crippen molar-refractivity contribution in [1.29, 1.82) is 0 Å². The maximum atomic E-state index is 4.85. The van der Waals surface area contributed by atoms with Crippen molar-refractivity contribution in [2.75, 3.05) is 7.05 Å². The van der Waals surface area contributed by atoms with E-state index < -0.39 is 0 Å². The Balaban J connectivity index is 2.60. The summed E-state index contributed by atoms with van der Waals surface area (Å²) in [6.07, 6.45) is 3.36. The maximum absolute atomic E-state index is 4.85. The zero-order valence-corrected chi connectivity index (χ0v) is 8.93.